The standard InChI is InChI=1S/C24H25ClN2O2/c1-17-14-23-20(15-21(17)25)22(16-24(28)29-23)26-19-9-12-27(13-10-19)11-5-8-18-6-3-2-4-7-18/h2-8,14-16,19,26H,9-13H2,1H3. The second-order valence-corrected chi connectivity index (χ2v) is 8.02. The van der Waals surface area contributed by atoms with Gasteiger partial charge in [-0.25, -0.2) is 4.79 Å². The summed E-state index contributed by atoms with van der Waals surface area (Å²) in [5, 5.41) is 5.08. The van der Waals surface area contributed by atoms with Crippen molar-refractivity contribution in [1.82, 2.24) is 4.90 Å². The van der Waals surface area contributed by atoms with Gasteiger partial charge in [0.2, 0.25) is 0 Å². The van der Waals surface area contributed by atoms with E-state index in [0.717, 1.165) is 49.1 Å². The first-order valence-corrected chi connectivity index (χ1v) is 10.4. The molecule has 2 aromatic carbocycles. The van der Waals surface area contributed by atoms with Gasteiger partial charge in [0.1, 0.15) is 5.58 Å². The van der Waals surface area contributed by atoms with Gasteiger partial charge in [0.05, 0.1) is 5.69 Å². The second kappa shape index (κ2) is 8.85. The lowest BCUT2D eigenvalue weighted by molar-refractivity contribution is 0.240. The number of piperidine rings is 1. The number of nitrogens with zero attached hydrogens (tertiary/aromatic N) is 1. The lowest BCUT2D eigenvalue weighted by Crippen LogP contribution is -2.39. The van der Waals surface area contributed by atoms with Crippen LogP contribution in [-0.4, -0.2) is 30.6 Å². The van der Waals surface area contributed by atoms with Crippen LogP contribution in [0, 0.1) is 6.92 Å². The monoisotopic (exact) mass is 408 g/mol. The molecule has 0 spiro atoms. The molecule has 5 heteroatoms. The maximum Gasteiger partial charge on any atom is 0.338 e. The summed E-state index contributed by atoms with van der Waals surface area (Å²) in [6.45, 7) is 4.91. The predicted octanol–water partition coefficient (Wildman–Crippen LogP) is 5.34. The summed E-state index contributed by atoms with van der Waals surface area (Å²) >= 11 is 6.29. The normalized spacial score (nSPS) is 15.9. The Kier molecular flexibility index (Phi) is 6.02. The zero-order chi connectivity index (χ0) is 20.2. The Balaban J connectivity index is 1.38. The van der Waals surface area contributed by atoms with Crippen molar-refractivity contribution in [2.75, 3.05) is 25.0 Å². The van der Waals surface area contributed by atoms with E-state index in [1.165, 1.54) is 11.6 Å². The highest BCUT2D eigenvalue weighted by atomic mass is 35.5. The third-order valence-electron chi connectivity index (χ3n) is 5.44. The van der Waals surface area contributed by atoms with Gasteiger partial charge in [0.15, 0.2) is 0 Å². The predicted molar refractivity (Wildman–Crippen MR) is 121 cm³/mol. The molecule has 150 valence electrons. The number of fused-ring (bicyclic) bond motifs is 1. The molecule has 4 rings (SSSR count). The van der Waals surface area contributed by atoms with Gasteiger partial charge >= 0.3 is 5.63 Å². The zero-order valence-electron chi connectivity index (χ0n) is 16.5. The molecule has 2 heterocycles. The fourth-order valence-electron chi connectivity index (χ4n) is 3.78. The first-order chi connectivity index (χ1) is 14.1. The molecule has 0 amide bonds. The van der Waals surface area contributed by atoms with Gasteiger partial charge in [-0.05, 0) is 43.0 Å². The maximum atomic E-state index is 12.0. The molecule has 0 saturated carbocycles. The van der Waals surface area contributed by atoms with Crippen LogP contribution in [-0.2, 0) is 0 Å². The molecular formula is C24H25ClN2O2. The fourth-order valence-corrected chi connectivity index (χ4v) is 3.95. The van der Waals surface area contributed by atoms with Crippen LogP contribution in [0.4, 0.5) is 5.69 Å². The van der Waals surface area contributed by atoms with E-state index in [9.17, 15) is 4.79 Å². The lowest BCUT2D eigenvalue weighted by Gasteiger charge is -2.32. The third kappa shape index (κ3) is 4.89. The van der Waals surface area contributed by atoms with Crippen molar-refractivity contribution in [2.24, 2.45) is 0 Å². The number of nitrogens with one attached hydrogen (secondary N) is 1. The number of rotatable bonds is 5. The molecule has 4 nitrogen and oxygen atoms in total. The van der Waals surface area contributed by atoms with Gasteiger partial charge in [-0.1, -0.05) is 54.1 Å². The highest BCUT2D eigenvalue weighted by Crippen LogP contribution is 2.29. The van der Waals surface area contributed by atoms with E-state index < -0.39 is 0 Å². The van der Waals surface area contributed by atoms with Gasteiger partial charge in [-0.3, -0.25) is 4.90 Å². The van der Waals surface area contributed by atoms with E-state index in [-0.39, 0.29) is 5.63 Å². The fraction of sp³-hybridized carbons (Fsp3) is 0.292. The number of likely N-dealkylation sites (tertiary alicyclic amines) is 1. The number of hydrogen-bond donors (Lipinski definition) is 1. The average Bonchev–Trinajstić information content (AvgIpc) is 2.71. The van der Waals surface area contributed by atoms with Crippen molar-refractivity contribution in [3.63, 3.8) is 0 Å². The Labute approximate surface area is 175 Å². The minimum atomic E-state index is -0.342. The maximum absolute atomic E-state index is 12.0. The summed E-state index contributed by atoms with van der Waals surface area (Å²) in [4.78, 5) is 14.4. The van der Waals surface area contributed by atoms with Crippen LogP contribution >= 0.6 is 11.6 Å². The molecule has 0 radical (unpaired) electrons. The van der Waals surface area contributed by atoms with Crippen LogP contribution in [0.25, 0.3) is 17.0 Å². The van der Waals surface area contributed by atoms with E-state index >= 15 is 0 Å². The molecule has 29 heavy (non-hydrogen) atoms. The minimum absolute atomic E-state index is 0.328. The van der Waals surface area contributed by atoms with Crippen molar-refractivity contribution in [1.29, 1.82) is 0 Å². The molecule has 1 fully saturated rings. The van der Waals surface area contributed by atoms with Gasteiger partial charge in [0, 0.05) is 42.2 Å². The van der Waals surface area contributed by atoms with Crippen molar-refractivity contribution in [3.05, 3.63) is 81.2 Å². The van der Waals surface area contributed by atoms with Crippen molar-refractivity contribution in [3.8, 4) is 0 Å². The van der Waals surface area contributed by atoms with Crippen molar-refractivity contribution in [2.45, 2.75) is 25.8 Å². The number of halogens is 1. The summed E-state index contributed by atoms with van der Waals surface area (Å²) in [5.74, 6) is 0. The lowest BCUT2D eigenvalue weighted by atomic mass is 10.0. The highest BCUT2D eigenvalue weighted by molar-refractivity contribution is 6.32. The van der Waals surface area contributed by atoms with Crippen LogP contribution in [0.15, 0.2) is 63.8 Å². The molecule has 1 saturated heterocycles. The van der Waals surface area contributed by atoms with Gasteiger partial charge in [0.25, 0.3) is 0 Å². The van der Waals surface area contributed by atoms with Crippen LogP contribution in [0.1, 0.15) is 24.0 Å². The van der Waals surface area contributed by atoms with E-state index in [2.05, 4.69) is 46.6 Å². The molecule has 0 atom stereocenters. The number of aryl methyl sites for hydroxylation is 1. The summed E-state index contributed by atoms with van der Waals surface area (Å²) < 4.78 is 5.36. The van der Waals surface area contributed by atoms with Gasteiger partial charge < -0.3 is 9.73 Å². The van der Waals surface area contributed by atoms with Crippen LogP contribution in [0.2, 0.25) is 5.02 Å². The number of benzene rings is 2. The van der Waals surface area contributed by atoms with Crippen molar-refractivity contribution < 1.29 is 4.42 Å². The minimum Gasteiger partial charge on any atom is -0.423 e. The Hall–Kier alpha value is -2.56. The summed E-state index contributed by atoms with van der Waals surface area (Å²) in [7, 11) is 0. The van der Waals surface area contributed by atoms with Gasteiger partial charge in [-0.2, -0.15) is 0 Å². The van der Waals surface area contributed by atoms with E-state index in [1.54, 1.807) is 0 Å². The number of anilines is 1. The summed E-state index contributed by atoms with van der Waals surface area (Å²) in [6.07, 6.45) is 6.45. The zero-order valence-corrected chi connectivity index (χ0v) is 17.3. The Bertz CT molecular complexity index is 1070. The first-order valence-electron chi connectivity index (χ1n) is 10.0. The first kappa shape index (κ1) is 19.7. The Morgan fingerprint density at radius 2 is 1.93 bits per heavy atom. The van der Waals surface area contributed by atoms with Gasteiger partial charge in [-0.15, -0.1) is 0 Å². The van der Waals surface area contributed by atoms with E-state index in [0.29, 0.717) is 16.6 Å². The second-order valence-electron chi connectivity index (χ2n) is 7.61. The SMILES string of the molecule is Cc1cc2oc(=O)cc(NC3CCN(CC=Cc4ccccc4)CC3)c2cc1Cl. The third-order valence-corrected chi connectivity index (χ3v) is 5.85. The highest BCUT2D eigenvalue weighted by Gasteiger charge is 2.19. The number of hydrogen-bond acceptors (Lipinski definition) is 4. The van der Waals surface area contributed by atoms with E-state index in [4.69, 9.17) is 16.0 Å². The quantitative estimate of drug-likeness (QED) is 0.578. The molecule has 1 aliphatic rings. The Morgan fingerprint density at radius 3 is 2.69 bits per heavy atom. The molecule has 1 N–H and O–H groups in total. The smallest absolute Gasteiger partial charge is 0.338 e. The van der Waals surface area contributed by atoms with Crippen LogP contribution in [0.3, 0.4) is 0 Å². The van der Waals surface area contributed by atoms with E-state index in [1.807, 2.05) is 25.1 Å². The van der Waals surface area contributed by atoms with Crippen LogP contribution in [0.5, 0.6) is 0 Å². The largest absolute Gasteiger partial charge is 0.423 e. The topological polar surface area (TPSA) is 45.5 Å². The Morgan fingerprint density at radius 1 is 1.17 bits per heavy atom. The molecular weight excluding hydrogens is 384 g/mol. The molecule has 1 aromatic heterocycles. The van der Waals surface area contributed by atoms with Crippen molar-refractivity contribution >= 4 is 34.3 Å². The molecule has 3 aromatic rings. The molecule has 0 bridgehead atoms. The molecule has 0 aliphatic carbocycles. The average molecular weight is 409 g/mol. The summed E-state index contributed by atoms with van der Waals surface area (Å²) in [6, 6.07) is 15.9. The molecule has 1 aliphatic heterocycles. The molecule has 0 unspecified atom stereocenters. The summed E-state index contributed by atoms with van der Waals surface area (Å²) in [5.41, 5.74) is 3.17. The van der Waals surface area contributed by atoms with Crippen LogP contribution < -0.4 is 10.9 Å².